The molecule has 0 spiro atoms. The molecule has 8 nitrogen and oxygen atoms in total. The number of aryl methyl sites for hydroxylation is 1. The zero-order valence-corrected chi connectivity index (χ0v) is 13.9. The van der Waals surface area contributed by atoms with Crippen LogP contribution in [0.5, 0.6) is 5.88 Å². The highest BCUT2D eigenvalue weighted by atomic mass is 32.1. The molecule has 1 fully saturated rings. The van der Waals surface area contributed by atoms with Gasteiger partial charge >= 0.3 is 0 Å². The van der Waals surface area contributed by atoms with Crippen LogP contribution in [0, 0.1) is 6.92 Å². The van der Waals surface area contributed by atoms with E-state index in [4.69, 9.17) is 4.74 Å². The summed E-state index contributed by atoms with van der Waals surface area (Å²) in [5.74, 6) is 0.558. The van der Waals surface area contributed by atoms with Gasteiger partial charge < -0.3 is 9.64 Å². The molecule has 1 aliphatic rings. The fourth-order valence-corrected chi connectivity index (χ4v) is 3.72. The largest absolute Gasteiger partial charge is 0.473 e. The molecule has 24 heavy (non-hydrogen) atoms. The van der Waals surface area contributed by atoms with E-state index in [1.165, 1.54) is 21.9 Å². The van der Waals surface area contributed by atoms with Gasteiger partial charge in [0.1, 0.15) is 6.10 Å². The summed E-state index contributed by atoms with van der Waals surface area (Å²) >= 11 is 1.44. The third-order valence-electron chi connectivity index (χ3n) is 3.90. The molecule has 0 radical (unpaired) electrons. The summed E-state index contributed by atoms with van der Waals surface area (Å²) in [4.78, 5) is 27.3. The first kappa shape index (κ1) is 15.0. The molecule has 1 aliphatic heterocycles. The van der Waals surface area contributed by atoms with Gasteiger partial charge in [-0.15, -0.1) is 5.10 Å². The molecule has 4 heterocycles. The Hall–Kier alpha value is -2.55. The van der Waals surface area contributed by atoms with Crippen molar-refractivity contribution in [2.24, 2.45) is 0 Å². The average molecular weight is 344 g/mol. The molecule has 0 aromatic carbocycles. The molecule has 0 N–H and O–H groups in total. The first-order chi connectivity index (χ1) is 11.7. The van der Waals surface area contributed by atoms with Gasteiger partial charge in [0.15, 0.2) is 0 Å². The first-order valence-electron chi connectivity index (χ1n) is 7.74. The van der Waals surface area contributed by atoms with E-state index in [9.17, 15) is 4.79 Å². The minimum absolute atomic E-state index is 0.121. The smallest absolute Gasteiger partial charge is 0.275 e. The minimum atomic E-state index is -0.138. The molecule has 3 aromatic rings. The molecule has 1 saturated heterocycles. The third kappa shape index (κ3) is 2.94. The lowest BCUT2D eigenvalue weighted by Gasteiger charge is -2.31. The molecule has 0 unspecified atom stereocenters. The Labute approximate surface area is 141 Å². The van der Waals surface area contributed by atoms with Gasteiger partial charge in [0.05, 0.1) is 6.20 Å². The maximum Gasteiger partial charge on any atom is 0.275 e. The molecule has 9 heteroatoms. The number of hydrogen-bond donors (Lipinski definition) is 0. The van der Waals surface area contributed by atoms with Gasteiger partial charge in [0.25, 0.3) is 5.56 Å². The molecule has 0 amide bonds. The van der Waals surface area contributed by atoms with Crippen LogP contribution in [0.15, 0.2) is 29.5 Å². The summed E-state index contributed by atoms with van der Waals surface area (Å²) in [5, 5.41) is 5.23. The number of ether oxygens (including phenoxy) is 1. The van der Waals surface area contributed by atoms with Gasteiger partial charge in [0.2, 0.25) is 16.0 Å². The van der Waals surface area contributed by atoms with Gasteiger partial charge in [-0.1, -0.05) is 11.3 Å². The summed E-state index contributed by atoms with van der Waals surface area (Å²) < 4.78 is 7.22. The maximum atomic E-state index is 12.0. The fourth-order valence-electron chi connectivity index (χ4n) is 2.72. The van der Waals surface area contributed by atoms with Gasteiger partial charge in [-0.3, -0.25) is 9.78 Å². The van der Waals surface area contributed by atoms with Crippen LogP contribution >= 0.6 is 11.3 Å². The highest BCUT2D eigenvalue weighted by molar-refractivity contribution is 7.20. The van der Waals surface area contributed by atoms with Crippen molar-refractivity contribution in [2.45, 2.75) is 25.9 Å². The fraction of sp³-hybridized carbons (Fsp3) is 0.400. The number of hydrogen-bond acceptors (Lipinski definition) is 8. The molecule has 0 atom stereocenters. The number of piperidine rings is 1. The summed E-state index contributed by atoms with van der Waals surface area (Å²) in [7, 11) is 0. The quantitative estimate of drug-likeness (QED) is 0.708. The van der Waals surface area contributed by atoms with E-state index in [0.29, 0.717) is 16.5 Å². The predicted octanol–water partition coefficient (Wildman–Crippen LogP) is 1.30. The van der Waals surface area contributed by atoms with Crippen molar-refractivity contribution in [2.75, 3.05) is 18.0 Å². The predicted molar refractivity (Wildman–Crippen MR) is 89.8 cm³/mol. The monoisotopic (exact) mass is 344 g/mol. The van der Waals surface area contributed by atoms with Gasteiger partial charge in [-0.25, -0.2) is 9.97 Å². The van der Waals surface area contributed by atoms with E-state index in [0.717, 1.165) is 31.1 Å². The van der Waals surface area contributed by atoms with Gasteiger partial charge in [-0.05, 0) is 6.92 Å². The maximum absolute atomic E-state index is 12.0. The lowest BCUT2D eigenvalue weighted by Crippen LogP contribution is -2.38. The van der Waals surface area contributed by atoms with Gasteiger partial charge in [-0.2, -0.15) is 4.52 Å². The van der Waals surface area contributed by atoms with Gasteiger partial charge in [0, 0.05) is 50.1 Å². The molecule has 4 rings (SSSR count). The van der Waals surface area contributed by atoms with E-state index in [1.54, 1.807) is 18.6 Å². The van der Waals surface area contributed by atoms with Crippen molar-refractivity contribution in [3.63, 3.8) is 0 Å². The van der Waals surface area contributed by atoms with Crippen LogP contribution in [0.3, 0.4) is 0 Å². The number of nitrogens with zero attached hydrogens (tertiary/aromatic N) is 6. The highest BCUT2D eigenvalue weighted by Gasteiger charge is 2.23. The summed E-state index contributed by atoms with van der Waals surface area (Å²) in [5.41, 5.74) is 0.576. The minimum Gasteiger partial charge on any atom is -0.473 e. The molecule has 124 valence electrons. The number of rotatable bonds is 3. The van der Waals surface area contributed by atoms with Crippen LogP contribution < -0.4 is 15.2 Å². The molecular weight excluding hydrogens is 328 g/mol. The van der Waals surface area contributed by atoms with Crippen molar-refractivity contribution in [1.82, 2.24) is 24.6 Å². The Morgan fingerprint density at radius 3 is 2.88 bits per heavy atom. The van der Waals surface area contributed by atoms with Crippen molar-refractivity contribution in [3.05, 3.63) is 40.7 Å². The Morgan fingerprint density at radius 1 is 1.29 bits per heavy atom. The Bertz CT molecular complexity index is 901. The van der Waals surface area contributed by atoms with E-state index in [-0.39, 0.29) is 11.7 Å². The molecular formula is C15H16N6O2S. The van der Waals surface area contributed by atoms with Crippen LogP contribution in [0.4, 0.5) is 5.13 Å². The topological polar surface area (TPSA) is 85.5 Å². The summed E-state index contributed by atoms with van der Waals surface area (Å²) in [6, 6.07) is 1.50. The van der Waals surface area contributed by atoms with Crippen molar-refractivity contribution in [1.29, 1.82) is 0 Å². The summed E-state index contributed by atoms with van der Waals surface area (Å²) in [6.45, 7) is 3.45. The van der Waals surface area contributed by atoms with Crippen molar-refractivity contribution in [3.8, 4) is 5.88 Å². The zero-order chi connectivity index (χ0) is 16.5. The molecule has 0 aliphatic carbocycles. The van der Waals surface area contributed by atoms with Crippen LogP contribution in [-0.4, -0.2) is 43.8 Å². The standard InChI is InChI=1S/C15H16N6O2S/c1-10-8-13(22)21-14(18-10)24-15(19-21)20-6-2-11(3-7-20)23-12-9-16-4-5-17-12/h4-5,8-9,11H,2-3,6-7H2,1H3. The van der Waals surface area contributed by atoms with Crippen molar-refractivity contribution < 1.29 is 4.74 Å². The first-order valence-corrected chi connectivity index (χ1v) is 8.56. The Balaban J connectivity index is 1.46. The second kappa shape index (κ2) is 6.16. The molecule has 0 saturated carbocycles. The van der Waals surface area contributed by atoms with E-state index >= 15 is 0 Å². The van der Waals surface area contributed by atoms with Crippen molar-refractivity contribution >= 4 is 21.4 Å². The van der Waals surface area contributed by atoms with E-state index in [2.05, 4.69) is 25.0 Å². The summed E-state index contributed by atoms with van der Waals surface area (Å²) in [6.07, 6.45) is 6.73. The zero-order valence-electron chi connectivity index (χ0n) is 13.1. The normalized spacial score (nSPS) is 15.8. The lowest BCUT2D eigenvalue weighted by molar-refractivity contribution is 0.163. The van der Waals surface area contributed by atoms with Crippen LogP contribution in [-0.2, 0) is 0 Å². The molecule has 0 bridgehead atoms. The Morgan fingerprint density at radius 2 is 2.12 bits per heavy atom. The molecule has 3 aromatic heterocycles. The second-order valence-corrected chi connectivity index (χ2v) is 6.60. The second-order valence-electron chi connectivity index (χ2n) is 5.66. The number of aromatic nitrogens is 5. The Kier molecular flexibility index (Phi) is 3.85. The SMILES string of the molecule is Cc1cc(=O)n2nc(N3CCC(Oc4cnccn4)CC3)sc2n1. The van der Waals surface area contributed by atoms with Crippen LogP contribution in [0.1, 0.15) is 18.5 Å². The van der Waals surface area contributed by atoms with E-state index in [1.807, 2.05) is 6.92 Å². The third-order valence-corrected chi connectivity index (χ3v) is 4.87. The average Bonchev–Trinajstić information content (AvgIpc) is 3.01. The van der Waals surface area contributed by atoms with E-state index < -0.39 is 0 Å². The van der Waals surface area contributed by atoms with Crippen LogP contribution in [0.2, 0.25) is 0 Å². The highest BCUT2D eigenvalue weighted by Crippen LogP contribution is 2.25. The van der Waals surface area contributed by atoms with Crippen LogP contribution in [0.25, 0.3) is 4.96 Å². The lowest BCUT2D eigenvalue weighted by atomic mass is 10.1. The number of fused-ring (bicyclic) bond motifs is 1. The number of anilines is 1.